The summed E-state index contributed by atoms with van der Waals surface area (Å²) in [5.74, 6) is -1.74. The Morgan fingerprint density at radius 1 is 1.20 bits per heavy atom. The maximum atomic E-state index is 15.5. The highest BCUT2D eigenvalue weighted by molar-refractivity contribution is 7.12. The van der Waals surface area contributed by atoms with Crippen molar-refractivity contribution in [3.63, 3.8) is 0 Å². The van der Waals surface area contributed by atoms with Gasteiger partial charge < -0.3 is 15.1 Å². The van der Waals surface area contributed by atoms with E-state index in [2.05, 4.69) is 16.5 Å². The van der Waals surface area contributed by atoms with Crippen LogP contribution in [0, 0.1) is 17.1 Å². The molecule has 3 aromatic rings. The molecule has 1 N–H and O–H groups in total. The largest absolute Gasteiger partial charge is 0.435 e. The molecule has 0 radical (unpaired) electrons. The fourth-order valence-corrected chi connectivity index (χ4v) is 6.93. The fourth-order valence-electron chi connectivity index (χ4n) is 5.90. The molecule has 2 aromatic heterocycles. The minimum atomic E-state index is -4.81. The van der Waals surface area contributed by atoms with Crippen LogP contribution in [0.4, 0.5) is 17.6 Å². The molecule has 2 aliphatic heterocycles. The summed E-state index contributed by atoms with van der Waals surface area (Å²) < 4.78 is 58.8. The monoisotopic (exact) mass is 628 g/mol. The standard InChI is InChI=1S/C31H32F4N6O2S/c1-3-41-17-25(30(38-41)31(33,34)35)29-22(6-4-7-26(29)32)24-16-40(18-27-23(24)14-21(15-36)44-27)28(43)8-5-11-37-20-9-12-39(13-10-20)19(2)42/h4-8,14,17,20,24,37H,3,9-13,16,18H2,1-2H3/b8-5+. The number of hydrogen-bond acceptors (Lipinski definition) is 6. The van der Waals surface area contributed by atoms with Crippen LogP contribution in [0.1, 0.15) is 59.2 Å². The van der Waals surface area contributed by atoms with E-state index in [0.29, 0.717) is 30.1 Å². The lowest BCUT2D eigenvalue weighted by atomic mass is 9.83. The molecular weight excluding hydrogens is 596 g/mol. The Morgan fingerprint density at radius 2 is 1.95 bits per heavy atom. The number of halogens is 4. The van der Waals surface area contributed by atoms with Crippen LogP contribution >= 0.6 is 11.3 Å². The normalized spacial score (nSPS) is 17.6. The van der Waals surface area contributed by atoms with Gasteiger partial charge in [-0.2, -0.15) is 23.5 Å². The first-order chi connectivity index (χ1) is 21.0. The van der Waals surface area contributed by atoms with Crippen molar-refractivity contribution in [1.82, 2.24) is 24.9 Å². The lowest BCUT2D eigenvalue weighted by Crippen LogP contribution is -2.44. The summed E-state index contributed by atoms with van der Waals surface area (Å²) >= 11 is 1.22. The number of nitriles is 1. The first-order valence-corrected chi connectivity index (χ1v) is 15.2. The van der Waals surface area contributed by atoms with Crippen LogP contribution in [0.5, 0.6) is 0 Å². The summed E-state index contributed by atoms with van der Waals surface area (Å²) in [6, 6.07) is 8.15. The molecule has 4 heterocycles. The first kappa shape index (κ1) is 31.4. The van der Waals surface area contributed by atoms with Crippen molar-refractivity contribution in [2.75, 3.05) is 26.2 Å². The second kappa shape index (κ2) is 12.9. The van der Waals surface area contributed by atoms with Crippen molar-refractivity contribution in [1.29, 1.82) is 5.26 Å². The van der Waals surface area contributed by atoms with Crippen molar-refractivity contribution in [2.24, 2.45) is 0 Å². The van der Waals surface area contributed by atoms with E-state index in [1.165, 1.54) is 29.7 Å². The maximum absolute atomic E-state index is 15.5. The van der Waals surface area contributed by atoms with Crippen molar-refractivity contribution in [2.45, 2.75) is 57.9 Å². The van der Waals surface area contributed by atoms with Gasteiger partial charge in [0, 0.05) is 79.9 Å². The summed E-state index contributed by atoms with van der Waals surface area (Å²) in [5.41, 5.74) is -0.783. The predicted molar refractivity (Wildman–Crippen MR) is 157 cm³/mol. The van der Waals surface area contributed by atoms with Gasteiger partial charge in [-0.25, -0.2) is 4.39 Å². The molecule has 1 atom stereocenters. The third-order valence-corrected chi connectivity index (χ3v) is 9.19. The molecule has 8 nitrogen and oxygen atoms in total. The minimum absolute atomic E-state index is 0.0618. The van der Waals surface area contributed by atoms with E-state index in [-0.39, 0.29) is 54.2 Å². The highest BCUT2D eigenvalue weighted by Crippen LogP contribution is 2.45. The molecule has 0 spiro atoms. The summed E-state index contributed by atoms with van der Waals surface area (Å²) in [7, 11) is 0. The molecule has 1 unspecified atom stereocenters. The van der Waals surface area contributed by atoms with Crippen molar-refractivity contribution in [3.8, 4) is 17.2 Å². The molecule has 2 aliphatic rings. The number of nitrogens with one attached hydrogen (secondary N) is 1. The zero-order chi connectivity index (χ0) is 31.6. The summed E-state index contributed by atoms with van der Waals surface area (Å²) in [5, 5.41) is 16.7. The number of thiophene rings is 1. The number of benzene rings is 1. The zero-order valence-electron chi connectivity index (χ0n) is 24.3. The number of fused-ring (bicyclic) bond motifs is 1. The molecule has 0 aliphatic carbocycles. The molecule has 44 heavy (non-hydrogen) atoms. The Kier molecular flexibility index (Phi) is 9.22. The number of aromatic nitrogens is 2. The van der Waals surface area contributed by atoms with Gasteiger partial charge in [0.05, 0.1) is 6.54 Å². The zero-order valence-corrected chi connectivity index (χ0v) is 25.1. The highest BCUT2D eigenvalue weighted by Gasteiger charge is 2.40. The topological polar surface area (TPSA) is 94.3 Å². The van der Waals surface area contributed by atoms with E-state index in [1.807, 2.05) is 4.90 Å². The number of piperidine rings is 1. The number of nitrogens with zero attached hydrogens (tertiary/aromatic N) is 5. The van der Waals surface area contributed by atoms with Gasteiger partial charge >= 0.3 is 6.18 Å². The van der Waals surface area contributed by atoms with E-state index in [4.69, 9.17) is 0 Å². The Balaban J connectivity index is 1.41. The number of aryl methyl sites for hydroxylation is 1. The van der Waals surface area contributed by atoms with Gasteiger partial charge in [-0.15, -0.1) is 11.3 Å². The van der Waals surface area contributed by atoms with Crippen molar-refractivity contribution in [3.05, 3.63) is 75.0 Å². The van der Waals surface area contributed by atoms with Gasteiger partial charge in [-0.05, 0) is 43.0 Å². The Labute approximate surface area is 256 Å². The molecule has 2 amide bonds. The van der Waals surface area contributed by atoms with E-state index >= 15 is 4.39 Å². The molecule has 0 saturated carbocycles. The first-order valence-electron chi connectivity index (χ1n) is 14.4. The van der Waals surface area contributed by atoms with Crippen LogP contribution in [0.25, 0.3) is 11.1 Å². The van der Waals surface area contributed by atoms with Gasteiger partial charge in [0.25, 0.3) is 0 Å². The molecule has 5 rings (SSSR count). The lowest BCUT2D eigenvalue weighted by Gasteiger charge is -2.33. The van der Waals surface area contributed by atoms with Crippen LogP contribution in [0.3, 0.4) is 0 Å². The molecule has 1 aromatic carbocycles. The number of rotatable bonds is 7. The van der Waals surface area contributed by atoms with Crippen molar-refractivity contribution < 1.29 is 27.2 Å². The number of carbonyl (C=O) groups excluding carboxylic acids is 2. The second-order valence-electron chi connectivity index (χ2n) is 10.9. The van der Waals surface area contributed by atoms with Crippen molar-refractivity contribution >= 4 is 23.2 Å². The molecule has 0 bridgehead atoms. The van der Waals surface area contributed by atoms with Crippen LogP contribution in [0.2, 0.25) is 0 Å². The van der Waals surface area contributed by atoms with Crippen LogP contribution in [0.15, 0.2) is 42.6 Å². The van der Waals surface area contributed by atoms with E-state index in [1.54, 1.807) is 37.0 Å². The van der Waals surface area contributed by atoms with E-state index in [9.17, 15) is 28.0 Å². The number of amides is 2. The number of alkyl halides is 3. The maximum Gasteiger partial charge on any atom is 0.435 e. The Hall–Kier alpha value is -4.02. The second-order valence-corrected chi connectivity index (χ2v) is 12.0. The van der Waals surface area contributed by atoms with Crippen LogP contribution in [-0.2, 0) is 28.9 Å². The molecule has 13 heteroatoms. The van der Waals surface area contributed by atoms with Crippen LogP contribution in [-0.4, -0.2) is 63.6 Å². The van der Waals surface area contributed by atoms with Crippen LogP contribution < -0.4 is 5.32 Å². The highest BCUT2D eigenvalue weighted by atomic mass is 32.1. The molecule has 232 valence electrons. The Bertz CT molecular complexity index is 1610. The average molecular weight is 629 g/mol. The SMILES string of the molecule is CCn1cc(-c2c(F)cccc2C2CN(C(=O)/C=C/CNC3CCN(C(C)=O)CC3)Cc3sc(C#N)cc32)c(C(F)(F)F)n1. The third-order valence-electron chi connectivity index (χ3n) is 8.15. The summed E-state index contributed by atoms with van der Waals surface area (Å²) in [6.45, 7) is 5.51. The fraction of sp³-hybridized carbons (Fsp3) is 0.419. The molecular formula is C31H32F4N6O2S. The lowest BCUT2D eigenvalue weighted by molar-refractivity contribution is -0.141. The predicted octanol–water partition coefficient (Wildman–Crippen LogP) is 5.29. The molecule has 1 fully saturated rings. The Morgan fingerprint density at radius 3 is 2.61 bits per heavy atom. The van der Waals surface area contributed by atoms with Gasteiger partial charge in [0.15, 0.2) is 5.69 Å². The van der Waals surface area contributed by atoms with Gasteiger partial charge in [0.2, 0.25) is 11.8 Å². The number of hydrogen-bond donors (Lipinski definition) is 1. The quantitative estimate of drug-likeness (QED) is 0.284. The average Bonchev–Trinajstić information content (AvgIpc) is 3.63. The smallest absolute Gasteiger partial charge is 0.343 e. The third kappa shape index (κ3) is 6.56. The molecule has 1 saturated heterocycles. The number of carbonyl (C=O) groups is 2. The van der Waals surface area contributed by atoms with E-state index in [0.717, 1.165) is 28.5 Å². The number of likely N-dealkylation sites (tertiary alicyclic amines) is 1. The van der Waals surface area contributed by atoms with Gasteiger partial charge in [-0.3, -0.25) is 14.3 Å². The van der Waals surface area contributed by atoms with E-state index < -0.39 is 23.6 Å². The van der Waals surface area contributed by atoms with Gasteiger partial charge in [-0.1, -0.05) is 18.2 Å². The summed E-state index contributed by atoms with van der Waals surface area (Å²) in [6.07, 6.45) is 1.21. The minimum Gasteiger partial charge on any atom is -0.343 e. The summed E-state index contributed by atoms with van der Waals surface area (Å²) in [4.78, 5) is 29.4. The van der Waals surface area contributed by atoms with Gasteiger partial charge in [0.1, 0.15) is 16.8 Å².